The van der Waals surface area contributed by atoms with Gasteiger partial charge >= 0.3 is 0 Å². The van der Waals surface area contributed by atoms with Crippen LogP contribution in [0.25, 0.3) is 0 Å². The van der Waals surface area contributed by atoms with Crippen LogP contribution in [0.15, 0.2) is 36.4 Å². The maximum absolute atomic E-state index is 5.79. The van der Waals surface area contributed by atoms with E-state index in [0.29, 0.717) is 6.79 Å². The van der Waals surface area contributed by atoms with E-state index < -0.39 is 0 Å². The number of nitrogen functional groups attached to an aromatic ring is 1. The third kappa shape index (κ3) is 1.93. The summed E-state index contributed by atoms with van der Waals surface area (Å²) in [6.45, 7) is 2.28. The molecule has 4 heteroatoms. The Hall–Kier alpha value is -2.36. The zero-order valence-electron chi connectivity index (χ0n) is 10.1. The summed E-state index contributed by atoms with van der Waals surface area (Å²) >= 11 is 0. The highest BCUT2D eigenvalue weighted by molar-refractivity contribution is 5.66. The second kappa shape index (κ2) is 4.14. The van der Waals surface area contributed by atoms with E-state index >= 15 is 0 Å². The minimum Gasteiger partial charge on any atom is -0.454 e. The fourth-order valence-corrected chi connectivity index (χ4v) is 1.89. The molecule has 2 aromatic rings. The van der Waals surface area contributed by atoms with Gasteiger partial charge in [-0.05, 0) is 42.8 Å². The number of rotatable bonds is 2. The summed E-state index contributed by atoms with van der Waals surface area (Å²) in [6.07, 6.45) is 0. The number of anilines is 3. The van der Waals surface area contributed by atoms with E-state index in [1.807, 2.05) is 43.3 Å². The number of benzene rings is 2. The van der Waals surface area contributed by atoms with E-state index in [2.05, 4.69) is 5.32 Å². The Morgan fingerprint density at radius 1 is 1.00 bits per heavy atom. The van der Waals surface area contributed by atoms with Gasteiger partial charge in [-0.1, -0.05) is 0 Å². The summed E-state index contributed by atoms with van der Waals surface area (Å²) < 4.78 is 10.6. The van der Waals surface area contributed by atoms with Crippen molar-refractivity contribution < 1.29 is 9.47 Å². The highest BCUT2D eigenvalue weighted by atomic mass is 16.7. The van der Waals surface area contributed by atoms with Gasteiger partial charge in [0.15, 0.2) is 11.5 Å². The number of nitrogens with one attached hydrogen (secondary N) is 1. The Morgan fingerprint density at radius 2 is 1.72 bits per heavy atom. The summed E-state index contributed by atoms with van der Waals surface area (Å²) in [5, 5.41) is 3.31. The molecule has 0 saturated heterocycles. The van der Waals surface area contributed by atoms with Crippen LogP contribution in [-0.4, -0.2) is 6.79 Å². The van der Waals surface area contributed by atoms with Crippen LogP contribution < -0.4 is 20.5 Å². The van der Waals surface area contributed by atoms with Gasteiger partial charge in [-0.3, -0.25) is 0 Å². The first kappa shape index (κ1) is 10.8. The first-order valence-electron chi connectivity index (χ1n) is 5.75. The van der Waals surface area contributed by atoms with E-state index in [9.17, 15) is 0 Å². The smallest absolute Gasteiger partial charge is 0.231 e. The van der Waals surface area contributed by atoms with E-state index in [1.54, 1.807) is 0 Å². The number of hydrogen-bond acceptors (Lipinski definition) is 4. The molecule has 0 aromatic heterocycles. The molecule has 1 aliphatic heterocycles. The summed E-state index contributed by atoms with van der Waals surface area (Å²) in [6, 6.07) is 11.6. The molecule has 4 nitrogen and oxygen atoms in total. The summed E-state index contributed by atoms with van der Waals surface area (Å²) in [4.78, 5) is 0. The topological polar surface area (TPSA) is 56.5 Å². The largest absolute Gasteiger partial charge is 0.454 e. The molecule has 18 heavy (non-hydrogen) atoms. The molecule has 0 spiro atoms. The maximum Gasteiger partial charge on any atom is 0.231 e. The van der Waals surface area contributed by atoms with E-state index in [1.165, 1.54) is 0 Å². The van der Waals surface area contributed by atoms with Gasteiger partial charge in [0, 0.05) is 23.1 Å². The molecule has 0 atom stereocenters. The lowest BCUT2D eigenvalue weighted by atomic mass is 10.2. The average molecular weight is 242 g/mol. The minimum absolute atomic E-state index is 0.291. The zero-order chi connectivity index (χ0) is 12.5. The van der Waals surface area contributed by atoms with Gasteiger partial charge in [-0.2, -0.15) is 0 Å². The van der Waals surface area contributed by atoms with Crippen LogP contribution in [-0.2, 0) is 0 Å². The van der Waals surface area contributed by atoms with Crippen molar-refractivity contribution in [2.75, 3.05) is 17.8 Å². The lowest BCUT2D eigenvalue weighted by Crippen LogP contribution is -1.94. The Morgan fingerprint density at radius 3 is 2.56 bits per heavy atom. The van der Waals surface area contributed by atoms with Crippen molar-refractivity contribution >= 4 is 17.1 Å². The molecule has 0 bridgehead atoms. The van der Waals surface area contributed by atoms with Crippen molar-refractivity contribution in [2.24, 2.45) is 0 Å². The van der Waals surface area contributed by atoms with Crippen LogP contribution in [0.5, 0.6) is 11.5 Å². The van der Waals surface area contributed by atoms with Crippen molar-refractivity contribution in [2.45, 2.75) is 6.92 Å². The maximum atomic E-state index is 5.79. The second-order valence-electron chi connectivity index (χ2n) is 4.26. The monoisotopic (exact) mass is 242 g/mol. The van der Waals surface area contributed by atoms with Crippen molar-refractivity contribution in [3.05, 3.63) is 42.0 Å². The standard InChI is InChI=1S/C14H14N2O2/c1-9-6-10(2-4-12(9)15)16-11-3-5-13-14(7-11)18-8-17-13/h2-7,16H,8,15H2,1H3. The van der Waals surface area contributed by atoms with Crippen LogP contribution in [0, 0.1) is 6.92 Å². The molecule has 92 valence electrons. The Kier molecular flexibility index (Phi) is 2.48. The zero-order valence-corrected chi connectivity index (χ0v) is 10.1. The molecular formula is C14H14N2O2. The molecule has 0 saturated carbocycles. The third-order valence-electron chi connectivity index (χ3n) is 2.93. The second-order valence-corrected chi connectivity index (χ2v) is 4.26. The van der Waals surface area contributed by atoms with Crippen LogP contribution in [0.3, 0.4) is 0 Å². The van der Waals surface area contributed by atoms with E-state index in [4.69, 9.17) is 15.2 Å². The number of nitrogens with two attached hydrogens (primary N) is 1. The summed E-state index contributed by atoms with van der Waals surface area (Å²) in [5.74, 6) is 1.56. The van der Waals surface area contributed by atoms with Gasteiger partial charge in [0.05, 0.1) is 0 Å². The predicted molar refractivity (Wildman–Crippen MR) is 71.4 cm³/mol. The van der Waals surface area contributed by atoms with E-state index in [-0.39, 0.29) is 0 Å². The highest BCUT2D eigenvalue weighted by Crippen LogP contribution is 2.35. The molecule has 3 N–H and O–H groups in total. The molecule has 1 aliphatic rings. The normalized spacial score (nSPS) is 12.5. The van der Waals surface area contributed by atoms with E-state index in [0.717, 1.165) is 34.1 Å². The van der Waals surface area contributed by atoms with Gasteiger partial charge in [0.25, 0.3) is 0 Å². The molecule has 2 aromatic carbocycles. The van der Waals surface area contributed by atoms with Gasteiger partial charge < -0.3 is 20.5 Å². The number of fused-ring (bicyclic) bond motifs is 1. The highest BCUT2D eigenvalue weighted by Gasteiger charge is 2.13. The van der Waals surface area contributed by atoms with Crippen LogP contribution >= 0.6 is 0 Å². The summed E-state index contributed by atoms with van der Waals surface area (Å²) in [5.41, 5.74) is 9.61. The molecule has 0 aliphatic carbocycles. The Bertz CT molecular complexity index is 596. The van der Waals surface area contributed by atoms with Crippen LogP contribution in [0.1, 0.15) is 5.56 Å². The van der Waals surface area contributed by atoms with Crippen LogP contribution in [0.4, 0.5) is 17.1 Å². The number of ether oxygens (including phenoxy) is 2. The Labute approximate surface area is 105 Å². The van der Waals surface area contributed by atoms with Crippen molar-refractivity contribution in [3.8, 4) is 11.5 Å². The molecule has 0 amide bonds. The summed E-state index contributed by atoms with van der Waals surface area (Å²) in [7, 11) is 0. The van der Waals surface area contributed by atoms with Crippen molar-refractivity contribution in [1.29, 1.82) is 0 Å². The third-order valence-corrected chi connectivity index (χ3v) is 2.93. The first-order chi connectivity index (χ1) is 8.72. The fourth-order valence-electron chi connectivity index (χ4n) is 1.89. The number of hydrogen-bond donors (Lipinski definition) is 2. The molecule has 0 radical (unpaired) electrons. The Balaban J connectivity index is 1.85. The quantitative estimate of drug-likeness (QED) is 0.795. The lowest BCUT2D eigenvalue weighted by Gasteiger charge is -2.09. The fraction of sp³-hybridized carbons (Fsp3) is 0.143. The predicted octanol–water partition coefficient (Wildman–Crippen LogP) is 3.05. The molecule has 0 fully saturated rings. The van der Waals surface area contributed by atoms with Crippen molar-refractivity contribution in [3.63, 3.8) is 0 Å². The van der Waals surface area contributed by atoms with Crippen molar-refractivity contribution in [1.82, 2.24) is 0 Å². The van der Waals surface area contributed by atoms with Crippen LogP contribution in [0.2, 0.25) is 0 Å². The lowest BCUT2D eigenvalue weighted by molar-refractivity contribution is 0.174. The molecule has 1 heterocycles. The SMILES string of the molecule is Cc1cc(Nc2ccc3c(c2)OCO3)ccc1N. The van der Waals surface area contributed by atoms with Gasteiger partial charge in [-0.15, -0.1) is 0 Å². The first-order valence-corrected chi connectivity index (χ1v) is 5.75. The van der Waals surface area contributed by atoms with Gasteiger partial charge in [0.2, 0.25) is 6.79 Å². The molecular weight excluding hydrogens is 228 g/mol. The molecule has 3 rings (SSSR count). The van der Waals surface area contributed by atoms with Gasteiger partial charge in [-0.25, -0.2) is 0 Å². The minimum atomic E-state index is 0.291. The average Bonchev–Trinajstić information content (AvgIpc) is 2.81. The molecule has 0 unspecified atom stereocenters. The van der Waals surface area contributed by atoms with Gasteiger partial charge in [0.1, 0.15) is 0 Å². The number of aryl methyl sites for hydroxylation is 1.